The number of aldehydes is 1. The maximum Gasteiger partial charge on any atom is 0.155 e. The molecule has 96 valence electrons. The van der Waals surface area contributed by atoms with Gasteiger partial charge in [0.25, 0.3) is 0 Å². The first-order valence-electron chi connectivity index (χ1n) is 5.83. The Kier molecular flexibility index (Phi) is 3.09. The maximum atomic E-state index is 11.1. The van der Waals surface area contributed by atoms with Crippen LogP contribution in [0.25, 0.3) is 0 Å². The predicted octanol–water partition coefficient (Wildman–Crippen LogP) is 3.83. The molecule has 2 aromatic rings. The van der Waals surface area contributed by atoms with Gasteiger partial charge in [0.05, 0.1) is 0 Å². The van der Waals surface area contributed by atoms with Gasteiger partial charge < -0.3 is 9.53 Å². The van der Waals surface area contributed by atoms with Gasteiger partial charge in [-0.1, -0.05) is 59.6 Å². The molecule has 1 heterocycles. The molecule has 2 nitrogen and oxygen atoms in total. The molecule has 0 spiro atoms. The summed E-state index contributed by atoms with van der Waals surface area (Å²) in [5.74, 6) is 0. The second kappa shape index (κ2) is 4.64. The molecule has 3 rings (SSSR count). The molecule has 0 saturated carbocycles. The summed E-state index contributed by atoms with van der Waals surface area (Å²) >= 11 is 12.5. The average Bonchev–Trinajstić information content (AvgIpc) is 3.15. The maximum absolute atomic E-state index is 11.1. The summed E-state index contributed by atoms with van der Waals surface area (Å²) in [6, 6.07) is 14.7. The highest BCUT2D eigenvalue weighted by Crippen LogP contribution is 2.54. The van der Waals surface area contributed by atoms with Crippen molar-refractivity contribution in [1.82, 2.24) is 0 Å². The van der Waals surface area contributed by atoms with Crippen LogP contribution in [0.1, 0.15) is 11.1 Å². The van der Waals surface area contributed by atoms with E-state index in [0.29, 0.717) is 10.0 Å². The summed E-state index contributed by atoms with van der Waals surface area (Å²) in [6.07, 6.45) is 0.236. The van der Waals surface area contributed by atoms with E-state index < -0.39 is 11.7 Å². The van der Waals surface area contributed by atoms with Crippen LogP contribution in [0.2, 0.25) is 10.0 Å². The van der Waals surface area contributed by atoms with E-state index in [4.69, 9.17) is 27.9 Å². The third-order valence-corrected chi connectivity index (χ3v) is 3.99. The van der Waals surface area contributed by atoms with Crippen LogP contribution in [0.15, 0.2) is 48.5 Å². The van der Waals surface area contributed by atoms with Crippen molar-refractivity contribution in [3.05, 3.63) is 69.7 Å². The van der Waals surface area contributed by atoms with Crippen molar-refractivity contribution in [2.75, 3.05) is 0 Å². The molecule has 0 bridgehead atoms. The molecule has 1 atom stereocenters. The van der Waals surface area contributed by atoms with E-state index in [9.17, 15) is 4.79 Å². The molecular formula is C15H10Cl2O2. The number of halogens is 2. The minimum atomic E-state index is -0.849. The van der Waals surface area contributed by atoms with Gasteiger partial charge >= 0.3 is 0 Å². The molecule has 1 unspecified atom stereocenters. The number of carbonyl (C=O) groups is 1. The van der Waals surface area contributed by atoms with Crippen molar-refractivity contribution in [3.63, 3.8) is 0 Å². The van der Waals surface area contributed by atoms with Gasteiger partial charge in [0.2, 0.25) is 0 Å². The Bertz CT molecular complexity index is 594. The molecule has 0 N–H and O–H groups in total. The van der Waals surface area contributed by atoms with Gasteiger partial charge in [0.1, 0.15) is 0 Å². The Morgan fingerprint density at radius 2 is 1.42 bits per heavy atom. The number of benzene rings is 2. The molecule has 19 heavy (non-hydrogen) atoms. The minimum Gasteiger partial charge on any atom is -0.348 e. The quantitative estimate of drug-likeness (QED) is 0.635. The largest absolute Gasteiger partial charge is 0.348 e. The van der Waals surface area contributed by atoms with Crippen LogP contribution in [-0.2, 0) is 15.1 Å². The van der Waals surface area contributed by atoms with Crippen LogP contribution >= 0.6 is 23.2 Å². The van der Waals surface area contributed by atoms with Gasteiger partial charge in [-0.05, 0) is 12.1 Å². The molecule has 1 aliphatic rings. The molecule has 0 aromatic heterocycles. The summed E-state index contributed by atoms with van der Waals surface area (Å²) in [6.45, 7) is 0. The lowest BCUT2D eigenvalue weighted by molar-refractivity contribution is -0.108. The van der Waals surface area contributed by atoms with Gasteiger partial charge in [-0.15, -0.1) is 0 Å². The highest BCUT2D eigenvalue weighted by molar-refractivity contribution is 6.32. The monoisotopic (exact) mass is 292 g/mol. The lowest BCUT2D eigenvalue weighted by atomic mass is 9.88. The molecule has 2 aromatic carbocycles. The second-order valence-electron chi connectivity index (χ2n) is 4.37. The Balaban J connectivity index is 2.20. The van der Waals surface area contributed by atoms with Gasteiger partial charge in [-0.25, -0.2) is 0 Å². The van der Waals surface area contributed by atoms with E-state index in [-0.39, 0.29) is 0 Å². The molecule has 4 heteroatoms. The van der Waals surface area contributed by atoms with Crippen LogP contribution in [0.3, 0.4) is 0 Å². The van der Waals surface area contributed by atoms with Crippen molar-refractivity contribution < 1.29 is 9.53 Å². The van der Waals surface area contributed by atoms with E-state index in [0.717, 1.165) is 17.4 Å². The van der Waals surface area contributed by atoms with E-state index in [1.807, 2.05) is 36.4 Å². The van der Waals surface area contributed by atoms with Gasteiger partial charge in [0.15, 0.2) is 18.0 Å². The van der Waals surface area contributed by atoms with Crippen LogP contribution in [-0.4, -0.2) is 12.4 Å². The number of epoxide rings is 1. The fourth-order valence-electron chi connectivity index (χ4n) is 2.39. The summed E-state index contributed by atoms with van der Waals surface area (Å²) in [5, 5.41) is 1.12. The van der Waals surface area contributed by atoms with Gasteiger partial charge in [-0.3, -0.25) is 0 Å². The molecule has 1 aliphatic heterocycles. The lowest BCUT2D eigenvalue weighted by Crippen LogP contribution is -2.16. The van der Waals surface area contributed by atoms with Crippen molar-refractivity contribution in [3.8, 4) is 0 Å². The number of hydrogen-bond donors (Lipinski definition) is 0. The predicted molar refractivity (Wildman–Crippen MR) is 74.6 cm³/mol. The lowest BCUT2D eigenvalue weighted by Gasteiger charge is -2.16. The van der Waals surface area contributed by atoms with Crippen molar-refractivity contribution in [2.45, 2.75) is 11.7 Å². The van der Waals surface area contributed by atoms with Crippen LogP contribution in [0.5, 0.6) is 0 Å². The summed E-state index contributed by atoms with van der Waals surface area (Å²) in [4.78, 5) is 11.1. The smallest absolute Gasteiger partial charge is 0.155 e. The van der Waals surface area contributed by atoms with Gasteiger partial charge in [0, 0.05) is 21.2 Å². The first-order valence-corrected chi connectivity index (χ1v) is 6.59. The summed E-state index contributed by atoms with van der Waals surface area (Å²) < 4.78 is 5.65. The Hall–Kier alpha value is -1.35. The average molecular weight is 293 g/mol. The Morgan fingerprint density at radius 1 is 0.947 bits per heavy atom. The Morgan fingerprint density at radius 3 is 1.79 bits per heavy atom. The normalized spacial score (nSPS) is 20.0. The topological polar surface area (TPSA) is 29.6 Å². The van der Waals surface area contributed by atoms with E-state index in [2.05, 4.69) is 0 Å². The van der Waals surface area contributed by atoms with Gasteiger partial charge in [-0.2, -0.15) is 0 Å². The fourth-order valence-corrected chi connectivity index (χ4v) is 2.95. The number of hydrogen-bond acceptors (Lipinski definition) is 2. The zero-order chi connectivity index (χ0) is 13.5. The molecule has 0 radical (unpaired) electrons. The summed E-state index contributed by atoms with van der Waals surface area (Å²) in [7, 11) is 0. The third kappa shape index (κ3) is 1.88. The zero-order valence-corrected chi connectivity index (χ0v) is 11.4. The number of rotatable bonds is 3. The van der Waals surface area contributed by atoms with Crippen molar-refractivity contribution in [2.24, 2.45) is 0 Å². The highest BCUT2D eigenvalue weighted by Gasteiger charge is 2.60. The molecule has 0 aliphatic carbocycles. The van der Waals surface area contributed by atoms with Crippen molar-refractivity contribution in [1.29, 1.82) is 0 Å². The van der Waals surface area contributed by atoms with E-state index in [1.165, 1.54) is 0 Å². The van der Waals surface area contributed by atoms with E-state index >= 15 is 0 Å². The summed E-state index contributed by atoms with van der Waals surface area (Å²) in [5.41, 5.74) is 0.682. The van der Waals surface area contributed by atoms with Crippen LogP contribution < -0.4 is 0 Å². The fraction of sp³-hybridized carbons (Fsp3) is 0.133. The van der Waals surface area contributed by atoms with E-state index in [1.54, 1.807) is 12.1 Å². The number of ether oxygens (including phenoxy) is 1. The first-order chi connectivity index (χ1) is 9.20. The molecule has 1 saturated heterocycles. The number of carbonyl (C=O) groups excluding carboxylic acids is 1. The zero-order valence-electron chi connectivity index (χ0n) is 9.85. The highest BCUT2D eigenvalue weighted by atomic mass is 35.5. The molecular weight excluding hydrogens is 283 g/mol. The Labute approximate surface area is 120 Å². The standard InChI is InChI=1S/C15H10Cl2O2/c16-12-7-3-1-5-10(12)15(14(9-18)19-15)11-6-2-4-8-13(11)17/h1-9,14H. The molecule has 1 fully saturated rings. The minimum absolute atomic E-state index is 0.549. The first kappa shape index (κ1) is 12.7. The SMILES string of the molecule is O=CC1OC1(c1ccccc1Cl)c1ccccc1Cl. The molecule has 0 amide bonds. The van der Waals surface area contributed by atoms with Crippen LogP contribution in [0.4, 0.5) is 0 Å². The third-order valence-electron chi connectivity index (χ3n) is 3.33. The van der Waals surface area contributed by atoms with Crippen molar-refractivity contribution >= 4 is 29.5 Å². The van der Waals surface area contributed by atoms with Crippen LogP contribution in [0, 0.1) is 0 Å². The second-order valence-corrected chi connectivity index (χ2v) is 5.18.